The highest BCUT2D eigenvalue weighted by Crippen LogP contribution is 2.26. The maximum Gasteiger partial charge on any atom is 0.254 e. The van der Waals surface area contributed by atoms with Crippen molar-refractivity contribution in [3.63, 3.8) is 0 Å². The molecule has 2 aliphatic heterocycles. The number of likely N-dealkylation sites (tertiary alicyclic amines) is 1. The molecule has 4 rings (SSSR count). The van der Waals surface area contributed by atoms with Crippen LogP contribution in [-0.2, 0) is 17.8 Å². The predicted molar refractivity (Wildman–Crippen MR) is 117 cm³/mol. The molecule has 2 aliphatic rings. The van der Waals surface area contributed by atoms with Crippen molar-refractivity contribution in [1.82, 2.24) is 9.80 Å². The fourth-order valence-electron chi connectivity index (χ4n) is 4.36. The summed E-state index contributed by atoms with van der Waals surface area (Å²) >= 11 is 0. The summed E-state index contributed by atoms with van der Waals surface area (Å²) in [6.45, 7) is 4.05. The molecule has 5 heteroatoms. The number of rotatable bonds is 7. The Kier molecular flexibility index (Phi) is 7.45. The van der Waals surface area contributed by atoms with Gasteiger partial charge in [-0.05, 0) is 55.5 Å². The third kappa shape index (κ3) is 5.46. The summed E-state index contributed by atoms with van der Waals surface area (Å²) in [5, 5.41) is 0. The van der Waals surface area contributed by atoms with Crippen molar-refractivity contribution in [2.75, 3.05) is 26.2 Å². The normalized spacial score (nSPS) is 17.1. The summed E-state index contributed by atoms with van der Waals surface area (Å²) in [7, 11) is 0. The number of carbonyl (C=O) groups excluding carboxylic acids is 2. The minimum atomic E-state index is 0. The Morgan fingerprint density at radius 3 is 2.38 bits per heavy atom. The lowest BCUT2D eigenvalue weighted by atomic mass is 9.96. The number of amides is 1. The maximum atomic E-state index is 12.5. The molecule has 0 atom stereocenters. The molecule has 154 valence electrons. The van der Waals surface area contributed by atoms with E-state index in [0.717, 1.165) is 56.6 Å². The number of hydrogen-bond donors (Lipinski definition) is 0. The van der Waals surface area contributed by atoms with E-state index in [4.69, 9.17) is 0 Å². The Bertz CT molecular complexity index is 832. The zero-order valence-corrected chi connectivity index (χ0v) is 17.6. The van der Waals surface area contributed by atoms with E-state index in [-0.39, 0.29) is 18.3 Å². The van der Waals surface area contributed by atoms with Crippen LogP contribution in [0, 0.1) is 5.92 Å². The molecular weight excluding hydrogens is 384 g/mol. The highest BCUT2D eigenvalue weighted by molar-refractivity contribution is 5.98. The zero-order valence-electron chi connectivity index (χ0n) is 16.8. The number of nitrogens with zero attached hydrogens (tertiary/aromatic N) is 2. The van der Waals surface area contributed by atoms with Crippen LogP contribution >= 0.6 is 12.4 Å². The van der Waals surface area contributed by atoms with E-state index in [2.05, 4.69) is 23.1 Å². The molecule has 0 radical (unpaired) electrons. The highest BCUT2D eigenvalue weighted by Gasteiger charge is 2.30. The van der Waals surface area contributed by atoms with Gasteiger partial charge >= 0.3 is 0 Å². The molecule has 0 spiro atoms. The fourth-order valence-corrected chi connectivity index (χ4v) is 4.36. The average Bonchev–Trinajstić information content (AvgIpc) is 3.04. The van der Waals surface area contributed by atoms with Gasteiger partial charge < -0.3 is 4.90 Å². The lowest BCUT2D eigenvalue weighted by Gasteiger charge is -2.33. The van der Waals surface area contributed by atoms with Crippen molar-refractivity contribution in [3.8, 4) is 0 Å². The quantitative estimate of drug-likeness (QED) is 0.690. The summed E-state index contributed by atoms with van der Waals surface area (Å²) in [5.74, 6) is 1.04. The van der Waals surface area contributed by atoms with Crippen LogP contribution in [0.5, 0.6) is 0 Å². The van der Waals surface area contributed by atoms with E-state index < -0.39 is 0 Å². The van der Waals surface area contributed by atoms with Crippen LogP contribution < -0.4 is 0 Å². The molecule has 0 unspecified atom stereocenters. The van der Waals surface area contributed by atoms with Crippen LogP contribution in [0.2, 0.25) is 0 Å². The molecule has 0 saturated carbocycles. The Morgan fingerprint density at radius 2 is 1.66 bits per heavy atom. The second kappa shape index (κ2) is 10.0. The molecule has 2 aromatic carbocycles. The average molecular weight is 413 g/mol. The SMILES string of the molecule is Cl.O=C(CCc1ccccc1)CN1CCC(CN2Cc3ccccc3C2=O)CC1. The second-order valence-corrected chi connectivity index (χ2v) is 8.09. The number of hydrogen-bond acceptors (Lipinski definition) is 3. The molecule has 0 aliphatic carbocycles. The summed E-state index contributed by atoms with van der Waals surface area (Å²) in [6, 6.07) is 18.1. The first-order valence-corrected chi connectivity index (χ1v) is 10.3. The first-order valence-electron chi connectivity index (χ1n) is 10.3. The van der Waals surface area contributed by atoms with Gasteiger partial charge in [-0.2, -0.15) is 0 Å². The first-order chi connectivity index (χ1) is 13.7. The molecule has 0 aromatic heterocycles. The standard InChI is InChI=1S/C24H28N2O2.ClH/c27-22(11-10-19-6-2-1-3-7-19)18-25-14-12-20(13-15-25)16-26-17-21-8-4-5-9-23(21)24(26)28;/h1-9,20H,10-18H2;1H. The molecule has 2 aromatic rings. The largest absolute Gasteiger partial charge is 0.334 e. The topological polar surface area (TPSA) is 40.6 Å². The van der Waals surface area contributed by atoms with Gasteiger partial charge in [0.2, 0.25) is 0 Å². The molecule has 2 heterocycles. The van der Waals surface area contributed by atoms with Crippen LogP contribution in [0.3, 0.4) is 0 Å². The van der Waals surface area contributed by atoms with E-state index in [9.17, 15) is 9.59 Å². The van der Waals surface area contributed by atoms with Crippen molar-refractivity contribution >= 4 is 24.1 Å². The molecule has 0 bridgehead atoms. The number of aryl methyl sites for hydroxylation is 1. The highest BCUT2D eigenvalue weighted by atomic mass is 35.5. The number of piperidine rings is 1. The van der Waals surface area contributed by atoms with Crippen molar-refractivity contribution in [3.05, 3.63) is 71.3 Å². The maximum absolute atomic E-state index is 12.5. The molecule has 4 nitrogen and oxygen atoms in total. The van der Waals surface area contributed by atoms with Gasteiger partial charge in [0.1, 0.15) is 5.78 Å². The number of halogens is 1. The summed E-state index contributed by atoms with van der Waals surface area (Å²) in [6.07, 6.45) is 3.57. The van der Waals surface area contributed by atoms with E-state index in [1.807, 2.05) is 41.3 Å². The Hall–Kier alpha value is -2.17. The van der Waals surface area contributed by atoms with Crippen LogP contribution in [-0.4, -0.2) is 47.7 Å². The van der Waals surface area contributed by atoms with Gasteiger partial charge in [-0.15, -0.1) is 12.4 Å². The lowest BCUT2D eigenvalue weighted by Crippen LogP contribution is -2.41. The van der Waals surface area contributed by atoms with E-state index in [0.29, 0.717) is 24.7 Å². The Balaban J connectivity index is 0.00000240. The lowest BCUT2D eigenvalue weighted by molar-refractivity contribution is -0.120. The monoisotopic (exact) mass is 412 g/mol. The number of fused-ring (bicyclic) bond motifs is 1. The van der Waals surface area contributed by atoms with Gasteiger partial charge in [0.15, 0.2) is 0 Å². The van der Waals surface area contributed by atoms with Gasteiger partial charge in [0, 0.05) is 25.1 Å². The van der Waals surface area contributed by atoms with Gasteiger partial charge in [-0.25, -0.2) is 0 Å². The third-order valence-corrected chi connectivity index (χ3v) is 6.02. The number of Topliss-reactive ketones (excluding diaryl/α,β-unsaturated/α-hetero) is 1. The van der Waals surface area contributed by atoms with Crippen molar-refractivity contribution < 1.29 is 9.59 Å². The molecule has 0 N–H and O–H groups in total. The summed E-state index contributed by atoms with van der Waals surface area (Å²) in [4.78, 5) is 29.1. The summed E-state index contributed by atoms with van der Waals surface area (Å²) < 4.78 is 0. The molecule has 1 fully saturated rings. The van der Waals surface area contributed by atoms with Gasteiger partial charge in [-0.3, -0.25) is 14.5 Å². The molecule has 1 saturated heterocycles. The van der Waals surface area contributed by atoms with Gasteiger partial charge in [0.25, 0.3) is 5.91 Å². The van der Waals surface area contributed by atoms with E-state index in [1.165, 1.54) is 5.56 Å². The number of ketones is 1. The minimum Gasteiger partial charge on any atom is -0.334 e. The Morgan fingerprint density at radius 1 is 0.966 bits per heavy atom. The van der Waals surface area contributed by atoms with Crippen LogP contribution in [0.25, 0.3) is 0 Å². The van der Waals surface area contributed by atoms with E-state index >= 15 is 0 Å². The predicted octanol–water partition coefficient (Wildman–Crippen LogP) is 3.98. The number of benzene rings is 2. The summed E-state index contributed by atoms with van der Waals surface area (Å²) in [5.41, 5.74) is 3.24. The van der Waals surface area contributed by atoms with Crippen LogP contribution in [0.1, 0.15) is 40.7 Å². The third-order valence-electron chi connectivity index (χ3n) is 6.02. The van der Waals surface area contributed by atoms with Crippen LogP contribution in [0.4, 0.5) is 0 Å². The molecule has 1 amide bonds. The molecular formula is C24H29ClN2O2. The fraction of sp³-hybridized carbons (Fsp3) is 0.417. The van der Waals surface area contributed by atoms with Crippen molar-refractivity contribution in [1.29, 1.82) is 0 Å². The van der Waals surface area contributed by atoms with Gasteiger partial charge in [0.05, 0.1) is 6.54 Å². The smallest absolute Gasteiger partial charge is 0.254 e. The van der Waals surface area contributed by atoms with Gasteiger partial charge in [-0.1, -0.05) is 48.5 Å². The first kappa shape index (κ1) is 21.5. The number of carbonyl (C=O) groups is 2. The van der Waals surface area contributed by atoms with Crippen molar-refractivity contribution in [2.24, 2.45) is 5.92 Å². The Labute approximate surface area is 179 Å². The van der Waals surface area contributed by atoms with Crippen molar-refractivity contribution in [2.45, 2.75) is 32.2 Å². The minimum absolute atomic E-state index is 0. The van der Waals surface area contributed by atoms with E-state index in [1.54, 1.807) is 0 Å². The second-order valence-electron chi connectivity index (χ2n) is 8.09. The van der Waals surface area contributed by atoms with Crippen LogP contribution in [0.15, 0.2) is 54.6 Å². The molecule has 29 heavy (non-hydrogen) atoms. The zero-order chi connectivity index (χ0) is 19.3.